The Morgan fingerprint density at radius 3 is 2.18 bits per heavy atom. The Labute approximate surface area is 126 Å². The normalized spacial score (nSPS) is 9.55. The number of nitrogens with one attached hydrogen (secondary N) is 1. The Morgan fingerprint density at radius 1 is 1.18 bits per heavy atom. The van der Waals surface area contributed by atoms with Gasteiger partial charge in [-0.05, 0) is 26.0 Å². The second kappa shape index (κ2) is 8.40. The highest BCUT2D eigenvalue weighted by molar-refractivity contribution is 6.14. The number of anilines is 1. The molecular formula is C14H16N2O6. The molecule has 0 spiro atoms. The first-order valence-electron chi connectivity index (χ1n) is 6.49. The van der Waals surface area contributed by atoms with E-state index in [2.05, 4.69) is 10.3 Å². The van der Waals surface area contributed by atoms with Crippen LogP contribution < -0.4 is 5.32 Å². The monoisotopic (exact) mass is 308 g/mol. The van der Waals surface area contributed by atoms with Crippen molar-refractivity contribution in [2.24, 2.45) is 0 Å². The summed E-state index contributed by atoms with van der Waals surface area (Å²) in [6.07, 6.45) is 2.26. The topological polar surface area (TPSA) is 115 Å². The fourth-order valence-electron chi connectivity index (χ4n) is 1.37. The quantitative estimate of drug-likeness (QED) is 0.334. The van der Waals surface area contributed by atoms with Crippen molar-refractivity contribution in [1.82, 2.24) is 4.98 Å². The average Bonchev–Trinajstić information content (AvgIpc) is 2.48. The molecule has 0 fully saturated rings. The summed E-state index contributed by atoms with van der Waals surface area (Å²) in [6.45, 7) is 3.45. The maximum Gasteiger partial charge on any atom is 0.347 e. The molecule has 0 saturated carbocycles. The Kier molecular flexibility index (Phi) is 6.55. The van der Waals surface area contributed by atoms with Crippen LogP contribution in [0.4, 0.5) is 5.82 Å². The van der Waals surface area contributed by atoms with Crippen LogP contribution in [0.25, 0.3) is 0 Å². The number of carbonyl (C=O) groups is 3. The first-order valence-corrected chi connectivity index (χ1v) is 6.49. The summed E-state index contributed by atoms with van der Waals surface area (Å²) in [5.74, 6) is -2.49. The van der Waals surface area contributed by atoms with Gasteiger partial charge in [-0.2, -0.15) is 0 Å². The van der Waals surface area contributed by atoms with Gasteiger partial charge in [0.2, 0.25) is 0 Å². The van der Waals surface area contributed by atoms with Gasteiger partial charge in [0, 0.05) is 12.4 Å². The molecule has 0 aliphatic rings. The standard InChI is InChI=1S/C14H16N2O6/c1-3-21-13(19)10(14(20)22-4-2)8-16-11-6-5-9(7-15-11)12(17)18/h5-8H,3-4H2,1-2H3,(H,15,16)(H,17,18). The third-order valence-corrected chi connectivity index (χ3v) is 2.37. The number of carboxylic acids is 1. The highest BCUT2D eigenvalue weighted by atomic mass is 16.6. The van der Waals surface area contributed by atoms with E-state index in [9.17, 15) is 14.4 Å². The van der Waals surface area contributed by atoms with Crippen LogP contribution in [0, 0.1) is 0 Å². The predicted molar refractivity (Wildman–Crippen MR) is 76.2 cm³/mol. The number of hydrogen-bond acceptors (Lipinski definition) is 7. The highest BCUT2D eigenvalue weighted by Gasteiger charge is 2.20. The van der Waals surface area contributed by atoms with Gasteiger partial charge in [0.1, 0.15) is 5.82 Å². The number of hydrogen-bond donors (Lipinski definition) is 2. The molecule has 0 aliphatic heterocycles. The van der Waals surface area contributed by atoms with Gasteiger partial charge >= 0.3 is 17.9 Å². The lowest BCUT2D eigenvalue weighted by molar-refractivity contribution is -0.146. The van der Waals surface area contributed by atoms with Crippen molar-refractivity contribution in [3.05, 3.63) is 35.7 Å². The van der Waals surface area contributed by atoms with E-state index in [1.54, 1.807) is 13.8 Å². The lowest BCUT2D eigenvalue weighted by Crippen LogP contribution is -2.19. The molecule has 0 unspecified atom stereocenters. The zero-order valence-electron chi connectivity index (χ0n) is 12.2. The lowest BCUT2D eigenvalue weighted by atomic mass is 10.3. The summed E-state index contributed by atoms with van der Waals surface area (Å²) in [6, 6.07) is 2.73. The second-order valence-corrected chi connectivity index (χ2v) is 3.88. The fourth-order valence-corrected chi connectivity index (χ4v) is 1.37. The van der Waals surface area contributed by atoms with Gasteiger partial charge in [0.15, 0.2) is 5.57 Å². The third kappa shape index (κ3) is 4.89. The third-order valence-electron chi connectivity index (χ3n) is 2.37. The molecule has 22 heavy (non-hydrogen) atoms. The SMILES string of the molecule is CCOC(=O)C(=CNc1ccc(C(=O)O)cn1)C(=O)OCC. The number of aromatic nitrogens is 1. The fraction of sp³-hybridized carbons (Fsp3) is 0.286. The Hall–Kier alpha value is -2.90. The van der Waals surface area contributed by atoms with E-state index < -0.39 is 17.9 Å². The van der Waals surface area contributed by atoms with Crippen molar-refractivity contribution in [3.63, 3.8) is 0 Å². The van der Waals surface area contributed by atoms with E-state index in [1.807, 2.05) is 0 Å². The summed E-state index contributed by atoms with van der Waals surface area (Å²) in [5, 5.41) is 11.4. The maximum absolute atomic E-state index is 11.7. The average molecular weight is 308 g/mol. The van der Waals surface area contributed by atoms with Crippen LogP contribution in [0.15, 0.2) is 30.1 Å². The van der Waals surface area contributed by atoms with E-state index in [0.717, 1.165) is 12.4 Å². The minimum atomic E-state index is -1.10. The van der Waals surface area contributed by atoms with Crippen molar-refractivity contribution in [2.75, 3.05) is 18.5 Å². The largest absolute Gasteiger partial charge is 0.478 e. The maximum atomic E-state index is 11.7. The molecule has 118 valence electrons. The molecule has 0 radical (unpaired) electrons. The van der Waals surface area contributed by atoms with E-state index in [1.165, 1.54) is 12.1 Å². The zero-order chi connectivity index (χ0) is 16.5. The molecule has 1 aromatic heterocycles. The number of pyridine rings is 1. The molecule has 1 rings (SSSR count). The summed E-state index contributed by atoms with van der Waals surface area (Å²) >= 11 is 0. The molecule has 0 atom stereocenters. The van der Waals surface area contributed by atoms with Gasteiger partial charge in [-0.25, -0.2) is 19.4 Å². The summed E-state index contributed by atoms with van der Waals surface area (Å²) in [4.78, 5) is 37.9. The van der Waals surface area contributed by atoms with Crippen molar-refractivity contribution in [2.45, 2.75) is 13.8 Å². The first kappa shape index (κ1) is 17.2. The van der Waals surface area contributed by atoms with Crippen molar-refractivity contribution < 1.29 is 29.0 Å². The Bertz CT molecular complexity index is 560. The highest BCUT2D eigenvalue weighted by Crippen LogP contribution is 2.08. The second-order valence-electron chi connectivity index (χ2n) is 3.88. The number of ether oxygens (including phenoxy) is 2. The molecule has 8 heteroatoms. The van der Waals surface area contributed by atoms with Gasteiger partial charge < -0.3 is 19.9 Å². The van der Waals surface area contributed by atoms with E-state index >= 15 is 0 Å². The molecule has 0 amide bonds. The van der Waals surface area contributed by atoms with Crippen molar-refractivity contribution in [3.8, 4) is 0 Å². The predicted octanol–water partition coefficient (Wildman–Crippen LogP) is 1.20. The summed E-state index contributed by atoms with van der Waals surface area (Å²) < 4.78 is 9.53. The van der Waals surface area contributed by atoms with E-state index in [4.69, 9.17) is 14.6 Å². The number of rotatable bonds is 7. The van der Waals surface area contributed by atoms with Crippen molar-refractivity contribution >= 4 is 23.7 Å². The Morgan fingerprint density at radius 2 is 1.77 bits per heavy atom. The van der Waals surface area contributed by atoms with Crippen LogP contribution >= 0.6 is 0 Å². The number of nitrogens with zero attached hydrogens (tertiary/aromatic N) is 1. The molecule has 2 N–H and O–H groups in total. The molecule has 0 bridgehead atoms. The smallest absolute Gasteiger partial charge is 0.347 e. The minimum absolute atomic E-state index is 0.0190. The molecule has 0 aromatic carbocycles. The van der Waals surface area contributed by atoms with Crippen LogP contribution in [0.3, 0.4) is 0 Å². The Balaban J connectivity index is 2.89. The van der Waals surface area contributed by atoms with Gasteiger partial charge in [-0.3, -0.25) is 0 Å². The van der Waals surface area contributed by atoms with Gasteiger partial charge in [0.25, 0.3) is 0 Å². The van der Waals surface area contributed by atoms with Crippen LogP contribution in [0.1, 0.15) is 24.2 Å². The number of aromatic carboxylic acids is 1. The number of esters is 2. The van der Waals surface area contributed by atoms with Gasteiger partial charge in [0.05, 0.1) is 18.8 Å². The zero-order valence-corrected chi connectivity index (χ0v) is 12.2. The lowest BCUT2D eigenvalue weighted by Gasteiger charge is -2.07. The number of carboxylic acid groups (broad SMARTS) is 1. The van der Waals surface area contributed by atoms with Gasteiger partial charge in [-0.15, -0.1) is 0 Å². The van der Waals surface area contributed by atoms with Crippen LogP contribution in [-0.4, -0.2) is 41.2 Å². The minimum Gasteiger partial charge on any atom is -0.478 e. The van der Waals surface area contributed by atoms with Crippen LogP contribution in [-0.2, 0) is 19.1 Å². The van der Waals surface area contributed by atoms with Crippen molar-refractivity contribution in [1.29, 1.82) is 0 Å². The number of carbonyl (C=O) groups excluding carboxylic acids is 2. The molecule has 0 aliphatic carbocycles. The molecule has 1 aromatic rings. The molecule has 1 heterocycles. The molecule has 8 nitrogen and oxygen atoms in total. The van der Waals surface area contributed by atoms with Crippen LogP contribution in [0.5, 0.6) is 0 Å². The summed E-state index contributed by atoms with van der Waals surface area (Å²) in [7, 11) is 0. The van der Waals surface area contributed by atoms with Gasteiger partial charge in [-0.1, -0.05) is 0 Å². The summed E-state index contributed by atoms with van der Waals surface area (Å²) in [5.41, 5.74) is -0.293. The van der Waals surface area contributed by atoms with E-state index in [0.29, 0.717) is 0 Å². The van der Waals surface area contributed by atoms with Crippen LogP contribution in [0.2, 0.25) is 0 Å². The first-order chi connectivity index (χ1) is 10.5. The molecular weight excluding hydrogens is 292 g/mol. The van der Waals surface area contributed by atoms with E-state index in [-0.39, 0.29) is 30.2 Å². The molecule has 0 saturated heterocycles.